The second-order valence-corrected chi connectivity index (χ2v) is 6.10. The van der Waals surface area contributed by atoms with Gasteiger partial charge in [-0.2, -0.15) is 0 Å². The minimum Gasteiger partial charge on any atom is -0.465 e. The minimum absolute atomic E-state index is 0.333. The second-order valence-electron chi connectivity index (χ2n) is 6.10. The topological polar surface area (TPSA) is 54.7 Å². The summed E-state index contributed by atoms with van der Waals surface area (Å²) in [6.07, 6.45) is 5.17. The molecule has 0 radical (unpaired) electrons. The lowest BCUT2D eigenvalue weighted by Crippen LogP contribution is -2.43. The Bertz CT molecular complexity index is 500. The molecule has 0 bridgehead atoms. The Morgan fingerprint density at radius 1 is 1.38 bits per heavy atom. The van der Waals surface area contributed by atoms with E-state index < -0.39 is 0 Å². The third kappa shape index (κ3) is 3.47. The summed E-state index contributed by atoms with van der Waals surface area (Å²) in [4.78, 5) is 14.2. The molecule has 1 aliphatic heterocycles. The maximum absolute atomic E-state index is 11.6. The standard InChI is InChI=1S/C16H24N2O3/c1-11-15(16(19)20-2)9-14(21-11)10-17-12-5-7-18(8-6-12)13-3-4-13/h9,12-13,17H,3-8,10H2,1-2H3. The van der Waals surface area contributed by atoms with E-state index in [1.807, 2.05) is 0 Å². The molecule has 21 heavy (non-hydrogen) atoms. The highest BCUT2D eigenvalue weighted by molar-refractivity contribution is 5.90. The Kier molecular flexibility index (Phi) is 4.31. The van der Waals surface area contributed by atoms with E-state index in [1.54, 1.807) is 13.0 Å². The maximum Gasteiger partial charge on any atom is 0.341 e. The maximum atomic E-state index is 11.6. The first-order valence-electron chi connectivity index (χ1n) is 7.82. The number of hydrogen-bond acceptors (Lipinski definition) is 5. The molecule has 2 fully saturated rings. The number of methoxy groups -OCH3 is 1. The van der Waals surface area contributed by atoms with Crippen LogP contribution in [-0.2, 0) is 11.3 Å². The Balaban J connectivity index is 1.48. The molecule has 2 heterocycles. The van der Waals surface area contributed by atoms with Gasteiger partial charge in [-0.05, 0) is 51.8 Å². The van der Waals surface area contributed by atoms with E-state index in [0.29, 0.717) is 23.9 Å². The summed E-state index contributed by atoms with van der Waals surface area (Å²) < 4.78 is 10.4. The van der Waals surface area contributed by atoms with Gasteiger partial charge in [-0.3, -0.25) is 0 Å². The van der Waals surface area contributed by atoms with Crippen LogP contribution in [0, 0.1) is 6.92 Å². The molecule has 0 amide bonds. The van der Waals surface area contributed by atoms with Crippen molar-refractivity contribution in [3.05, 3.63) is 23.2 Å². The Hall–Kier alpha value is -1.33. The van der Waals surface area contributed by atoms with Crippen LogP contribution in [0.15, 0.2) is 10.5 Å². The molecule has 1 aromatic heterocycles. The summed E-state index contributed by atoms with van der Waals surface area (Å²) in [7, 11) is 1.39. The summed E-state index contributed by atoms with van der Waals surface area (Å²) in [5, 5.41) is 3.54. The van der Waals surface area contributed by atoms with Crippen LogP contribution >= 0.6 is 0 Å². The molecular weight excluding hydrogens is 268 g/mol. The zero-order valence-electron chi connectivity index (χ0n) is 12.9. The number of hydrogen-bond donors (Lipinski definition) is 1. The first-order chi connectivity index (χ1) is 10.2. The Morgan fingerprint density at radius 3 is 2.71 bits per heavy atom. The van der Waals surface area contributed by atoms with Gasteiger partial charge in [0.25, 0.3) is 0 Å². The van der Waals surface area contributed by atoms with Gasteiger partial charge in [-0.15, -0.1) is 0 Å². The van der Waals surface area contributed by atoms with Crippen LogP contribution in [0.1, 0.15) is 47.6 Å². The number of likely N-dealkylation sites (tertiary alicyclic amines) is 1. The van der Waals surface area contributed by atoms with Gasteiger partial charge >= 0.3 is 5.97 Å². The van der Waals surface area contributed by atoms with Crippen molar-refractivity contribution < 1.29 is 13.9 Å². The number of carbonyl (C=O) groups excluding carboxylic acids is 1. The van der Waals surface area contributed by atoms with Crippen LogP contribution in [0.25, 0.3) is 0 Å². The minimum atomic E-state index is -0.333. The summed E-state index contributed by atoms with van der Waals surface area (Å²) >= 11 is 0. The molecule has 116 valence electrons. The zero-order chi connectivity index (χ0) is 14.8. The van der Waals surface area contributed by atoms with Gasteiger partial charge in [-0.25, -0.2) is 4.79 Å². The molecule has 1 saturated heterocycles. The lowest BCUT2D eigenvalue weighted by atomic mass is 10.0. The first kappa shape index (κ1) is 14.6. The molecule has 1 N–H and O–H groups in total. The van der Waals surface area contributed by atoms with Crippen LogP contribution in [-0.4, -0.2) is 43.2 Å². The normalized spacial score (nSPS) is 20.7. The van der Waals surface area contributed by atoms with E-state index in [1.165, 1.54) is 45.9 Å². The third-order valence-electron chi connectivity index (χ3n) is 4.53. The number of furan rings is 1. The van der Waals surface area contributed by atoms with E-state index in [9.17, 15) is 4.79 Å². The smallest absolute Gasteiger partial charge is 0.341 e. The average Bonchev–Trinajstić information content (AvgIpc) is 3.28. The Morgan fingerprint density at radius 2 is 2.10 bits per heavy atom. The molecule has 1 aromatic rings. The van der Waals surface area contributed by atoms with Crippen LogP contribution < -0.4 is 5.32 Å². The van der Waals surface area contributed by atoms with Gasteiger partial charge in [0.1, 0.15) is 17.1 Å². The van der Waals surface area contributed by atoms with Crippen molar-refractivity contribution in [2.45, 2.75) is 51.2 Å². The van der Waals surface area contributed by atoms with Gasteiger partial charge in [0.15, 0.2) is 0 Å². The van der Waals surface area contributed by atoms with Crippen molar-refractivity contribution in [2.75, 3.05) is 20.2 Å². The number of nitrogens with one attached hydrogen (secondary N) is 1. The fourth-order valence-corrected chi connectivity index (χ4v) is 3.10. The highest BCUT2D eigenvalue weighted by atomic mass is 16.5. The first-order valence-corrected chi connectivity index (χ1v) is 7.82. The van der Waals surface area contributed by atoms with Gasteiger partial charge in [-0.1, -0.05) is 0 Å². The second kappa shape index (κ2) is 6.20. The monoisotopic (exact) mass is 292 g/mol. The van der Waals surface area contributed by atoms with Crippen LogP contribution in [0.2, 0.25) is 0 Å². The van der Waals surface area contributed by atoms with Gasteiger partial charge < -0.3 is 19.4 Å². The van der Waals surface area contributed by atoms with E-state index in [2.05, 4.69) is 10.2 Å². The van der Waals surface area contributed by atoms with Crippen LogP contribution in [0.3, 0.4) is 0 Å². The van der Waals surface area contributed by atoms with Crippen molar-refractivity contribution in [1.29, 1.82) is 0 Å². The van der Waals surface area contributed by atoms with Crippen molar-refractivity contribution in [3.63, 3.8) is 0 Å². The predicted octanol–water partition coefficient (Wildman–Crippen LogP) is 2.09. The molecule has 1 aliphatic carbocycles. The summed E-state index contributed by atoms with van der Waals surface area (Å²) in [5.74, 6) is 1.10. The summed E-state index contributed by atoms with van der Waals surface area (Å²) in [6, 6.07) is 3.21. The molecule has 5 nitrogen and oxygen atoms in total. The number of ether oxygens (including phenoxy) is 1. The summed E-state index contributed by atoms with van der Waals surface area (Å²) in [5.41, 5.74) is 0.526. The van der Waals surface area contributed by atoms with Crippen molar-refractivity contribution >= 4 is 5.97 Å². The molecular formula is C16H24N2O3. The highest BCUT2D eigenvalue weighted by Crippen LogP contribution is 2.29. The largest absolute Gasteiger partial charge is 0.465 e. The molecule has 0 aromatic carbocycles. The zero-order valence-corrected chi connectivity index (χ0v) is 12.9. The predicted molar refractivity (Wildman–Crippen MR) is 79.2 cm³/mol. The van der Waals surface area contributed by atoms with E-state index in [0.717, 1.165) is 11.8 Å². The molecule has 1 saturated carbocycles. The van der Waals surface area contributed by atoms with E-state index in [-0.39, 0.29) is 5.97 Å². The molecule has 5 heteroatoms. The van der Waals surface area contributed by atoms with Crippen molar-refractivity contribution in [1.82, 2.24) is 10.2 Å². The van der Waals surface area contributed by atoms with E-state index in [4.69, 9.17) is 9.15 Å². The van der Waals surface area contributed by atoms with Crippen molar-refractivity contribution in [3.8, 4) is 0 Å². The number of aryl methyl sites for hydroxylation is 1. The molecule has 2 aliphatic rings. The number of piperidine rings is 1. The number of nitrogens with zero attached hydrogens (tertiary/aromatic N) is 1. The van der Waals surface area contributed by atoms with Gasteiger partial charge in [0.05, 0.1) is 13.7 Å². The summed E-state index contributed by atoms with van der Waals surface area (Å²) in [6.45, 7) is 4.87. The lowest BCUT2D eigenvalue weighted by Gasteiger charge is -2.32. The van der Waals surface area contributed by atoms with Gasteiger partial charge in [0, 0.05) is 12.1 Å². The fourth-order valence-electron chi connectivity index (χ4n) is 3.10. The quantitative estimate of drug-likeness (QED) is 0.842. The highest BCUT2D eigenvalue weighted by Gasteiger charge is 2.31. The number of carbonyl (C=O) groups is 1. The van der Waals surface area contributed by atoms with Crippen LogP contribution in [0.4, 0.5) is 0 Å². The third-order valence-corrected chi connectivity index (χ3v) is 4.53. The molecule has 3 rings (SSSR count). The van der Waals surface area contributed by atoms with E-state index >= 15 is 0 Å². The fraction of sp³-hybridized carbons (Fsp3) is 0.688. The number of esters is 1. The Labute approximate surface area is 125 Å². The SMILES string of the molecule is COC(=O)c1cc(CNC2CCN(C3CC3)CC2)oc1C. The average molecular weight is 292 g/mol. The molecule has 0 atom stereocenters. The van der Waals surface area contributed by atoms with Crippen molar-refractivity contribution in [2.24, 2.45) is 0 Å². The van der Waals surface area contributed by atoms with Gasteiger partial charge in [0.2, 0.25) is 0 Å². The molecule has 0 spiro atoms. The molecule has 0 unspecified atom stereocenters. The lowest BCUT2D eigenvalue weighted by molar-refractivity contribution is 0.0599. The van der Waals surface area contributed by atoms with Crippen LogP contribution in [0.5, 0.6) is 0 Å². The number of rotatable bonds is 5.